The molecule has 1 heterocycles. The number of nitrogens with one attached hydrogen (secondary N) is 1. The third-order valence-corrected chi connectivity index (χ3v) is 4.85. The van der Waals surface area contributed by atoms with Crippen LogP contribution < -0.4 is 10.1 Å². The average molecular weight is 390 g/mol. The summed E-state index contributed by atoms with van der Waals surface area (Å²) in [5, 5.41) is 3.40. The number of fused-ring (bicyclic) bond motifs is 1. The lowest BCUT2D eigenvalue weighted by Crippen LogP contribution is -2.21. The fraction of sp³-hybridized carbons (Fsp3) is 0.273. The van der Waals surface area contributed by atoms with E-state index in [1.165, 1.54) is 18.2 Å². The summed E-state index contributed by atoms with van der Waals surface area (Å²) in [4.78, 5) is 24.6. The summed E-state index contributed by atoms with van der Waals surface area (Å²) < 4.78 is 10.5. The van der Waals surface area contributed by atoms with Gasteiger partial charge in [0, 0.05) is 6.04 Å². The highest BCUT2D eigenvalue weighted by Crippen LogP contribution is 2.24. The van der Waals surface area contributed by atoms with Gasteiger partial charge in [-0.2, -0.15) is 15.0 Å². The Balaban J connectivity index is 1.39. The van der Waals surface area contributed by atoms with Crippen LogP contribution in [0.4, 0.5) is 5.95 Å². The molecule has 7 heteroatoms. The molecule has 0 spiro atoms. The molecule has 0 saturated carbocycles. The van der Waals surface area contributed by atoms with Gasteiger partial charge in [0.05, 0.1) is 12.7 Å². The molecule has 148 valence electrons. The van der Waals surface area contributed by atoms with Crippen molar-refractivity contribution in [1.82, 2.24) is 15.0 Å². The number of esters is 1. The van der Waals surface area contributed by atoms with E-state index in [1.807, 2.05) is 19.1 Å². The van der Waals surface area contributed by atoms with Gasteiger partial charge in [0.1, 0.15) is 12.4 Å². The van der Waals surface area contributed by atoms with Crippen molar-refractivity contribution in [3.8, 4) is 6.01 Å². The Morgan fingerprint density at radius 1 is 1.03 bits per heavy atom. The van der Waals surface area contributed by atoms with E-state index in [0.29, 0.717) is 23.9 Å². The molecule has 7 nitrogen and oxygen atoms in total. The Morgan fingerprint density at radius 3 is 2.38 bits per heavy atom. The van der Waals surface area contributed by atoms with E-state index in [-0.39, 0.29) is 18.0 Å². The number of rotatable bonds is 6. The predicted molar refractivity (Wildman–Crippen MR) is 108 cm³/mol. The second-order valence-corrected chi connectivity index (χ2v) is 6.98. The van der Waals surface area contributed by atoms with Crippen molar-refractivity contribution in [1.29, 1.82) is 0 Å². The Bertz CT molecular complexity index is 996. The van der Waals surface area contributed by atoms with E-state index in [4.69, 9.17) is 9.47 Å². The minimum Gasteiger partial charge on any atom is -0.465 e. The number of nitrogens with zero attached hydrogens (tertiary/aromatic N) is 3. The van der Waals surface area contributed by atoms with Crippen LogP contribution in [0.15, 0.2) is 48.5 Å². The van der Waals surface area contributed by atoms with Gasteiger partial charge in [-0.15, -0.1) is 0 Å². The molecule has 3 aromatic rings. The molecule has 0 atom stereocenters. The number of methoxy groups -OCH3 is 1. The van der Waals surface area contributed by atoms with Crippen LogP contribution in [-0.2, 0) is 24.2 Å². The molecule has 0 amide bonds. The van der Waals surface area contributed by atoms with Gasteiger partial charge in [-0.05, 0) is 48.6 Å². The summed E-state index contributed by atoms with van der Waals surface area (Å²) in [6.07, 6.45) is 1.90. The number of aromatic nitrogens is 3. The predicted octanol–water partition coefficient (Wildman–Crippen LogP) is 3.12. The van der Waals surface area contributed by atoms with Crippen LogP contribution in [0.5, 0.6) is 6.01 Å². The second kappa shape index (κ2) is 8.26. The van der Waals surface area contributed by atoms with Gasteiger partial charge in [0.15, 0.2) is 0 Å². The summed E-state index contributed by atoms with van der Waals surface area (Å²) >= 11 is 0. The minimum atomic E-state index is -0.365. The van der Waals surface area contributed by atoms with Gasteiger partial charge < -0.3 is 14.8 Å². The van der Waals surface area contributed by atoms with Crippen LogP contribution in [-0.4, -0.2) is 34.1 Å². The molecule has 0 aliphatic heterocycles. The maximum atomic E-state index is 11.5. The highest BCUT2D eigenvalue weighted by atomic mass is 16.5. The summed E-state index contributed by atoms with van der Waals surface area (Å²) in [7, 11) is 1.36. The maximum Gasteiger partial charge on any atom is 0.337 e. The van der Waals surface area contributed by atoms with E-state index in [1.54, 1.807) is 12.1 Å². The Kier molecular flexibility index (Phi) is 5.37. The fourth-order valence-electron chi connectivity index (χ4n) is 3.43. The zero-order valence-electron chi connectivity index (χ0n) is 16.4. The van der Waals surface area contributed by atoms with Gasteiger partial charge in [-0.25, -0.2) is 4.79 Å². The largest absolute Gasteiger partial charge is 0.465 e. The van der Waals surface area contributed by atoms with E-state index in [2.05, 4.69) is 44.5 Å². The molecule has 0 radical (unpaired) electrons. The summed E-state index contributed by atoms with van der Waals surface area (Å²) in [6, 6.07) is 16.0. The molecule has 1 N–H and O–H groups in total. The zero-order chi connectivity index (χ0) is 20.2. The van der Waals surface area contributed by atoms with Crippen molar-refractivity contribution in [2.45, 2.75) is 32.4 Å². The average Bonchev–Trinajstić information content (AvgIpc) is 3.14. The smallest absolute Gasteiger partial charge is 0.337 e. The van der Waals surface area contributed by atoms with Crippen LogP contribution >= 0.6 is 0 Å². The van der Waals surface area contributed by atoms with Gasteiger partial charge in [0.2, 0.25) is 5.95 Å². The topological polar surface area (TPSA) is 86.2 Å². The highest BCUT2D eigenvalue weighted by molar-refractivity contribution is 5.89. The molecule has 1 aliphatic carbocycles. The number of hydrogen-bond donors (Lipinski definition) is 1. The van der Waals surface area contributed by atoms with Gasteiger partial charge >= 0.3 is 12.0 Å². The molecule has 1 aromatic heterocycles. The number of benzene rings is 2. The zero-order valence-corrected chi connectivity index (χ0v) is 16.4. The molecule has 4 rings (SSSR count). The van der Waals surface area contributed by atoms with Crippen molar-refractivity contribution < 1.29 is 14.3 Å². The first-order valence-electron chi connectivity index (χ1n) is 9.47. The van der Waals surface area contributed by atoms with Crippen LogP contribution in [0.25, 0.3) is 0 Å². The first-order valence-corrected chi connectivity index (χ1v) is 9.47. The first kappa shape index (κ1) is 18.9. The van der Waals surface area contributed by atoms with Crippen molar-refractivity contribution in [3.05, 3.63) is 76.6 Å². The summed E-state index contributed by atoms with van der Waals surface area (Å²) in [6.45, 7) is 2.10. The van der Waals surface area contributed by atoms with E-state index in [9.17, 15) is 4.79 Å². The quantitative estimate of drug-likeness (QED) is 0.647. The van der Waals surface area contributed by atoms with Crippen LogP contribution in [0.2, 0.25) is 0 Å². The normalized spacial score (nSPS) is 13.0. The molecule has 29 heavy (non-hydrogen) atoms. The van der Waals surface area contributed by atoms with Crippen molar-refractivity contribution in [2.75, 3.05) is 12.4 Å². The number of hydrogen-bond acceptors (Lipinski definition) is 7. The molecule has 1 aliphatic rings. The molecular formula is C22H22N4O3. The number of carbonyl (C=O) groups is 1. The van der Waals surface area contributed by atoms with Gasteiger partial charge in [0.25, 0.3) is 0 Å². The van der Waals surface area contributed by atoms with Crippen molar-refractivity contribution >= 4 is 11.9 Å². The molecule has 0 unspecified atom stereocenters. The third kappa shape index (κ3) is 4.51. The third-order valence-electron chi connectivity index (χ3n) is 4.85. The molecule has 2 aromatic carbocycles. The van der Waals surface area contributed by atoms with Gasteiger partial charge in [-0.1, -0.05) is 36.4 Å². The molecule has 0 bridgehead atoms. The number of ether oxygens (including phenoxy) is 2. The Morgan fingerprint density at radius 2 is 1.72 bits per heavy atom. The SMILES string of the molecule is COC(=O)c1ccc(COc2nc(C)nc(NC3Cc4ccccc4C3)n2)cc1. The first-order chi connectivity index (χ1) is 14.1. The molecule has 0 saturated heterocycles. The van der Waals surface area contributed by atoms with Crippen LogP contribution in [0, 0.1) is 6.92 Å². The summed E-state index contributed by atoms with van der Waals surface area (Å²) in [5.74, 6) is 0.746. The number of carbonyl (C=O) groups excluding carboxylic acids is 1. The van der Waals surface area contributed by atoms with Gasteiger partial charge in [-0.3, -0.25) is 0 Å². The molecule has 0 fully saturated rings. The highest BCUT2D eigenvalue weighted by Gasteiger charge is 2.21. The van der Waals surface area contributed by atoms with Crippen LogP contribution in [0.3, 0.4) is 0 Å². The maximum absolute atomic E-state index is 11.5. The Hall–Kier alpha value is -3.48. The van der Waals surface area contributed by atoms with Crippen molar-refractivity contribution in [2.24, 2.45) is 0 Å². The lowest BCUT2D eigenvalue weighted by atomic mass is 10.1. The lowest BCUT2D eigenvalue weighted by molar-refractivity contribution is 0.0600. The van der Waals surface area contributed by atoms with E-state index < -0.39 is 0 Å². The molecular weight excluding hydrogens is 368 g/mol. The number of aryl methyl sites for hydroxylation is 1. The lowest BCUT2D eigenvalue weighted by Gasteiger charge is -2.13. The second-order valence-electron chi connectivity index (χ2n) is 6.98. The monoisotopic (exact) mass is 390 g/mol. The van der Waals surface area contributed by atoms with Crippen LogP contribution in [0.1, 0.15) is 32.9 Å². The van der Waals surface area contributed by atoms with E-state index in [0.717, 1.165) is 18.4 Å². The fourth-order valence-corrected chi connectivity index (χ4v) is 3.43. The van der Waals surface area contributed by atoms with Crippen molar-refractivity contribution in [3.63, 3.8) is 0 Å². The minimum absolute atomic E-state index is 0.257. The number of anilines is 1. The summed E-state index contributed by atoms with van der Waals surface area (Å²) in [5.41, 5.74) is 4.12. The van der Waals surface area contributed by atoms with E-state index >= 15 is 0 Å². The Labute approximate surface area is 169 Å². The standard InChI is InChI=1S/C22H22N4O3/c1-14-23-21(25-19-11-17-5-3-4-6-18(17)12-19)26-22(24-14)29-13-15-7-9-16(10-8-15)20(27)28-2/h3-10,19H,11-13H2,1-2H3,(H,23,24,25,26).